The lowest BCUT2D eigenvalue weighted by Gasteiger charge is -2.27. The van der Waals surface area contributed by atoms with Crippen LogP contribution in [0.1, 0.15) is 26.3 Å². The SMILES string of the molecule is CC(C)(C)c1cccc(-c2ccccc2)c1-n1c(-c2cccc3c2sc2ncc4ccccc4c23)nc2ccc(F)cc21. The molecular formula is C38H28FN3S. The second-order valence-electron chi connectivity index (χ2n) is 12.0. The van der Waals surface area contributed by atoms with E-state index in [0.717, 1.165) is 70.5 Å². The highest BCUT2D eigenvalue weighted by atomic mass is 32.1. The van der Waals surface area contributed by atoms with E-state index in [0.29, 0.717) is 0 Å². The fraction of sp³-hybridized carbons (Fsp3) is 0.105. The van der Waals surface area contributed by atoms with E-state index in [9.17, 15) is 4.39 Å². The molecule has 0 radical (unpaired) electrons. The van der Waals surface area contributed by atoms with Crippen molar-refractivity contribution >= 4 is 53.4 Å². The van der Waals surface area contributed by atoms with Crippen molar-refractivity contribution in [3.63, 3.8) is 0 Å². The van der Waals surface area contributed by atoms with E-state index in [-0.39, 0.29) is 11.2 Å². The second-order valence-corrected chi connectivity index (χ2v) is 13.0. The summed E-state index contributed by atoms with van der Waals surface area (Å²) < 4.78 is 18.3. The number of aromatic nitrogens is 3. The predicted molar refractivity (Wildman–Crippen MR) is 179 cm³/mol. The standard InChI is InChI=1S/C38H28FN3S/c1-38(2,3)30-18-10-15-27(23-11-5-4-6-12-23)34(30)42-32-21-25(39)19-20-31(32)41-36(42)29-17-9-16-28-33-26-14-8-7-13-24(26)22-40-37(33)43-35(28)29/h4-22H,1-3H3. The summed E-state index contributed by atoms with van der Waals surface area (Å²) in [6, 6.07) is 36.6. The maximum Gasteiger partial charge on any atom is 0.147 e. The summed E-state index contributed by atoms with van der Waals surface area (Å²) >= 11 is 1.69. The van der Waals surface area contributed by atoms with Crippen LogP contribution in [0.3, 0.4) is 0 Å². The van der Waals surface area contributed by atoms with Crippen LogP contribution >= 0.6 is 11.3 Å². The predicted octanol–water partition coefficient (Wildman–Crippen LogP) is 10.7. The smallest absolute Gasteiger partial charge is 0.147 e. The van der Waals surface area contributed by atoms with Gasteiger partial charge in [0, 0.05) is 44.2 Å². The summed E-state index contributed by atoms with van der Waals surface area (Å²) in [5, 5.41) is 4.62. The van der Waals surface area contributed by atoms with Crippen LogP contribution in [-0.4, -0.2) is 14.5 Å². The van der Waals surface area contributed by atoms with Crippen LogP contribution in [0.15, 0.2) is 115 Å². The van der Waals surface area contributed by atoms with Crippen molar-refractivity contribution in [3.8, 4) is 28.2 Å². The quantitative estimate of drug-likeness (QED) is 0.209. The molecule has 0 saturated heterocycles. The van der Waals surface area contributed by atoms with Crippen molar-refractivity contribution in [1.29, 1.82) is 0 Å². The second kappa shape index (κ2) is 9.58. The van der Waals surface area contributed by atoms with Gasteiger partial charge in [0.15, 0.2) is 0 Å². The minimum absolute atomic E-state index is 0.187. The van der Waals surface area contributed by atoms with Gasteiger partial charge in [0.25, 0.3) is 0 Å². The van der Waals surface area contributed by atoms with Gasteiger partial charge in [-0.25, -0.2) is 14.4 Å². The minimum Gasteiger partial charge on any atom is -0.291 e. The lowest BCUT2D eigenvalue weighted by atomic mass is 9.83. The highest BCUT2D eigenvalue weighted by molar-refractivity contribution is 7.26. The van der Waals surface area contributed by atoms with Gasteiger partial charge in [0.05, 0.1) is 16.7 Å². The molecule has 3 aromatic heterocycles. The summed E-state index contributed by atoms with van der Waals surface area (Å²) in [5.41, 5.74) is 6.67. The Morgan fingerprint density at radius 3 is 2.33 bits per heavy atom. The number of fused-ring (bicyclic) bond motifs is 6. The van der Waals surface area contributed by atoms with Gasteiger partial charge in [-0.15, -0.1) is 11.3 Å². The molecule has 0 fully saturated rings. The molecule has 0 saturated carbocycles. The molecule has 0 aliphatic rings. The molecule has 5 heteroatoms. The Labute approximate surface area is 252 Å². The van der Waals surface area contributed by atoms with Crippen LogP contribution in [0.25, 0.3) is 70.3 Å². The van der Waals surface area contributed by atoms with Gasteiger partial charge in [0.1, 0.15) is 16.5 Å². The fourth-order valence-corrected chi connectivity index (χ4v) is 7.47. The van der Waals surface area contributed by atoms with Crippen LogP contribution in [0, 0.1) is 5.82 Å². The van der Waals surface area contributed by atoms with E-state index in [2.05, 4.69) is 104 Å². The first-order valence-electron chi connectivity index (χ1n) is 14.4. The number of nitrogens with zero attached hydrogens (tertiary/aromatic N) is 3. The van der Waals surface area contributed by atoms with Crippen molar-refractivity contribution in [2.75, 3.05) is 0 Å². The van der Waals surface area contributed by atoms with E-state index < -0.39 is 0 Å². The van der Waals surface area contributed by atoms with Crippen molar-refractivity contribution in [3.05, 3.63) is 127 Å². The Kier molecular flexibility index (Phi) is 5.75. The molecule has 0 bridgehead atoms. The Bertz CT molecular complexity index is 2340. The molecular weight excluding hydrogens is 550 g/mol. The average Bonchev–Trinajstić information content (AvgIpc) is 3.59. The molecule has 8 aromatic rings. The summed E-state index contributed by atoms with van der Waals surface area (Å²) in [5.74, 6) is 0.501. The number of benzene rings is 5. The molecule has 0 N–H and O–H groups in total. The third-order valence-corrected chi connectivity index (χ3v) is 9.40. The zero-order valence-electron chi connectivity index (χ0n) is 24.1. The number of halogens is 1. The monoisotopic (exact) mass is 577 g/mol. The van der Waals surface area contributed by atoms with Gasteiger partial charge in [-0.05, 0) is 40.1 Å². The van der Waals surface area contributed by atoms with E-state index in [1.807, 2.05) is 18.3 Å². The maximum atomic E-state index is 15.0. The Balaban J connectivity index is 1.53. The molecule has 43 heavy (non-hydrogen) atoms. The normalized spacial score (nSPS) is 12.2. The lowest BCUT2D eigenvalue weighted by Crippen LogP contribution is -2.16. The Morgan fingerprint density at radius 2 is 1.49 bits per heavy atom. The van der Waals surface area contributed by atoms with Gasteiger partial charge >= 0.3 is 0 Å². The zero-order valence-corrected chi connectivity index (χ0v) is 24.9. The first-order chi connectivity index (χ1) is 20.9. The maximum absolute atomic E-state index is 15.0. The molecule has 3 heterocycles. The molecule has 3 nitrogen and oxygen atoms in total. The first-order valence-corrected chi connectivity index (χ1v) is 15.3. The summed E-state index contributed by atoms with van der Waals surface area (Å²) in [6.45, 7) is 6.68. The third-order valence-electron chi connectivity index (χ3n) is 8.26. The fourth-order valence-electron chi connectivity index (χ4n) is 6.30. The molecule has 0 atom stereocenters. The van der Waals surface area contributed by atoms with Crippen molar-refractivity contribution in [2.24, 2.45) is 0 Å². The van der Waals surface area contributed by atoms with Crippen molar-refractivity contribution in [1.82, 2.24) is 14.5 Å². The molecule has 0 aliphatic heterocycles. The van der Waals surface area contributed by atoms with Gasteiger partial charge < -0.3 is 0 Å². The number of para-hydroxylation sites is 1. The van der Waals surface area contributed by atoms with Crippen LogP contribution in [0.5, 0.6) is 0 Å². The summed E-state index contributed by atoms with van der Waals surface area (Å²) in [7, 11) is 0. The largest absolute Gasteiger partial charge is 0.291 e. The molecule has 0 unspecified atom stereocenters. The van der Waals surface area contributed by atoms with Crippen LogP contribution in [0.2, 0.25) is 0 Å². The van der Waals surface area contributed by atoms with Gasteiger partial charge in [-0.3, -0.25) is 4.57 Å². The van der Waals surface area contributed by atoms with Crippen molar-refractivity contribution in [2.45, 2.75) is 26.2 Å². The van der Waals surface area contributed by atoms with Crippen molar-refractivity contribution < 1.29 is 4.39 Å². The first kappa shape index (κ1) is 25.8. The zero-order chi connectivity index (χ0) is 29.3. The number of hydrogen-bond donors (Lipinski definition) is 0. The Hall–Kier alpha value is -4.87. The average molecular weight is 578 g/mol. The van der Waals surface area contributed by atoms with E-state index in [1.54, 1.807) is 23.5 Å². The van der Waals surface area contributed by atoms with Crippen LogP contribution in [0.4, 0.5) is 4.39 Å². The van der Waals surface area contributed by atoms with E-state index in [1.165, 1.54) is 11.5 Å². The number of imidazole rings is 1. The highest BCUT2D eigenvalue weighted by Gasteiger charge is 2.27. The molecule has 208 valence electrons. The molecule has 0 aliphatic carbocycles. The molecule has 8 rings (SSSR count). The molecule has 0 spiro atoms. The van der Waals surface area contributed by atoms with Gasteiger partial charge in [-0.2, -0.15) is 0 Å². The summed E-state index contributed by atoms with van der Waals surface area (Å²) in [4.78, 5) is 11.1. The number of hydrogen-bond acceptors (Lipinski definition) is 3. The lowest BCUT2D eigenvalue weighted by molar-refractivity contribution is 0.587. The van der Waals surface area contributed by atoms with Gasteiger partial charge in [-0.1, -0.05) is 106 Å². The van der Waals surface area contributed by atoms with E-state index >= 15 is 0 Å². The number of rotatable bonds is 3. The van der Waals surface area contributed by atoms with Crippen LogP contribution < -0.4 is 0 Å². The van der Waals surface area contributed by atoms with E-state index in [4.69, 9.17) is 9.97 Å². The topological polar surface area (TPSA) is 30.7 Å². The Morgan fingerprint density at radius 1 is 0.744 bits per heavy atom. The van der Waals surface area contributed by atoms with Crippen LogP contribution in [-0.2, 0) is 5.41 Å². The van der Waals surface area contributed by atoms with Gasteiger partial charge in [0.2, 0.25) is 0 Å². The molecule has 5 aromatic carbocycles. The highest BCUT2D eigenvalue weighted by Crippen LogP contribution is 2.45. The summed E-state index contributed by atoms with van der Waals surface area (Å²) in [6.07, 6.45) is 1.95. The number of pyridine rings is 1. The molecule has 0 amide bonds. The minimum atomic E-state index is -0.287. The number of thiophene rings is 1. The third kappa shape index (κ3) is 4.07.